The Morgan fingerprint density at radius 2 is 2.15 bits per heavy atom. The SMILES string of the molecule is CCn1cc2c(n1)CN(C(=O)OC(C)(C)C)C2C(=O)O. The zero-order valence-corrected chi connectivity index (χ0v) is 12.1. The van der Waals surface area contributed by atoms with E-state index in [-0.39, 0.29) is 6.54 Å². The molecule has 2 heterocycles. The maximum absolute atomic E-state index is 12.1. The molecule has 1 aromatic rings. The highest BCUT2D eigenvalue weighted by molar-refractivity contribution is 5.83. The van der Waals surface area contributed by atoms with Crippen LogP contribution < -0.4 is 0 Å². The average Bonchev–Trinajstić information content (AvgIpc) is 2.81. The quantitative estimate of drug-likeness (QED) is 0.893. The number of hydrogen-bond acceptors (Lipinski definition) is 4. The molecule has 0 aliphatic carbocycles. The van der Waals surface area contributed by atoms with E-state index in [9.17, 15) is 14.7 Å². The Bertz CT molecular complexity index is 544. The van der Waals surface area contributed by atoms with Gasteiger partial charge in [-0.25, -0.2) is 9.59 Å². The van der Waals surface area contributed by atoms with Crippen LogP contribution in [0, 0.1) is 0 Å². The number of aromatic nitrogens is 2. The first-order valence-corrected chi connectivity index (χ1v) is 6.51. The molecule has 1 amide bonds. The van der Waals surface area contributed by atoms with Gasteiger partial charge in [0.1, 0.15) is 5.60 Å². The molecule has 0 aromatic carbocycles. The summed E-state index contributed by atoms with van der Waals surface area (Å²) >= 11 is 0. The molecule has 7 heteroatoms. The minimum absolute atomic E-state index is 0.161. The maximum Gasteiger partial charge on any atom is 0.411 e. The Kier molecular flexibility index (Phi) is 3.45. The van der Waals surface area contributed by atoms with Crippen LogP contribution in [0.15, 0.2) is 6.20 Å². The first kappa shape index (κ1) is 14.4. The molecule has 1 unspecified atom stereocenters. The Hall–Kier alpha value is -2.05. The van der Waals surface area contributed by atoms with Gasteiger partial charge in [0, 0.05) is 18.3 Å². The molecule has 0 radical (unpaired) electrons. The van der Waals surface area contributed by atoms with E-state index in [0.29, 0.717) is 17.8 Å². The molecule has 0 saturated heterocycles. The highest BCUT2D eigenvalue weighted by Crippen LogP contribution is 2.34. The molecule has 20 heavy (non-hydrogen) atoms. The van der Waals surface area contributed by atoms with Gasteiger partial charge in [0.15, 0.2) is 6.04 Å². The summed E-state index contributed by atoms with van der Waals surface area (Å²) in [7, 11) is 0. The molecule has 0 saturated carbocycles. The van der Waals surface area contributed by atoms with Gasteiger partial charge in [-0.2, -0.15) is 5.10 Å². The Morgan fingerprint density at radius 3 is 2.65 bits per heavy atom. The van der Waals surface area contributed by atoms with Gasteiger partial charge in [-0.15, -0.1) is 0 Å². The number of carbonyl (C=O) groups is 2. The molecule has 0 spiro atoms. The van der Waals surface area contributed by atoms with E-state index in [1.807, 2.05) is 6.92 Å². The summed E-state index contributed by atoms with van der Waals surface area (Å²) in [4.78, 5) is 24.8. The van der Waals surface area contributed by atoms with Crippen LogP contribution in [-0.4, -0.2) is 37.5 Å². The van der Waals surface area contributed by atoms with E-state index in [1.165, 1.54) is 4.90 Å². The van der Waals surface area contributed by atoms with Gasteiger partial charge >= 0.3 is 12.1 Å². The fraction of sp³-hybridized carbons (Fsp3) is 0.615. The largest absolute Gasteiger partial charge is 0.479 e. The van der Waals surface area contributed by atoms with Gasteiger partial charge in [-0.3, -0.25) is 9.58 Å². The van der Waals surface area contributed by atoms with Gasteiger partial charge in [-0.05, 0) is 27.7 Å². The van der Waals surface area contributed by atoms with Crippen molar-refractivity contribution in [2.45, 2.75) is 52.4 Å². The minimum Gasteiger partial charge on any atom is -0.479 e. The standard InChI is InChI=1S/C13H19N3O4/c1-5-15-6-8-9(14-15)7-16(10(8)11(17)18)12(19)20-13(2,3)4/h6,10H,5,7H2,1-4H3,(H,17,18). The third kappa shape index (κ3) is 2.61. The second kappa shape index (κ2) is 4.81. The van der Waals surface area contributed by atoms with Crippen LogP contribution in [-0.2, 0) is 22.6 Å². The molecule has 1 atom stereocenters. The van der Waals surface area contributed by atoms with Crippen LogP contribution in [0.5, 0.6) is 0 Å². The third-order valence-corrected chi connectivity index (χ3v) is 2.98. The van der Waals surface area contributed by atoms with Crippen molar-refractivity contribution in [3.05, 3.63) is 17.5 Å². The molecule has 7 nitrogen and oxygen atoms in total. The molecule has 0 bridgehead atoms. The van der Waals surface area contributed by atoms with Crippen molar-refractivity contribution in [3.63, 3.8) is 0 Å². The normalized spacial score (nSPS) is 18.0. The Labute approximate surface area is 117 Å². The van der Waals surface area contributed by atoms with E-state index in [4.69, 9.17) is 4.74 Å². The molecule has 1 N–H and O–H groups in total. The van der Waals surface area contributed by atoms with Crippen molar-refractivity contribution in [2.75, 3.05) is 0 Å². The van der Waals surface area contributed by atoms with Crippen LogP contribution in [0.4, 0.5) is 4.79 Å². The van der Waals surface area contributed by atoms with E-state index in [0.717, 1.165) is 0 Å². The highest BCUT2D eigenvalue weighted by Gasteiger charge is 2.42. The summed E-state index contributed by atoms with van der Waals surface area (Å²) in [6, 6.07) is -1.03. The molecule has 0 fully saturated rings. The number of nitrogens with zero attached hydrogens (tertiary/aromatic N) is 3. The monoisotopic (exact) mass is 281 g/mol. The minimum atomic E-state index is -1.08. The third-order valence-electron chi connectivity index (χ3n) is 2.98. The fourth-order valence-corrected chi connectivity index (χ4v) is 2.17. The molecular formula is C13H19N3O4. The molecule has 1 aliphatic rings. The smallest absolute Gasteiger partial charge is 0.411 e. The zero-order valence-electron chi connectivity index (χ0n) is 12.1. The van der Waals surface area contributed by atoms with Gasteiger partial charge < -0.3 is 9.84 Å². The lowest BCUT2D eigenvalue weighted by Gasteiger charge is -2.27. The number of ether oxygens (including phenoxy) is 1. The van der Waals surface area contributed by atoms with Crippen LogP contribution in [0.1, 0.15) is 45.0 Å². The summed E-state index contributed by atoms with van der Waals surface area (Å²) in [6.07, 6.45) is 1.05. The summed E-state index contributed by atoms with van der Waals surface area (Å²) in [5.41, 5.74) is 0.513. The molecule has 2 rings (SSSR count). The predicted octanol–water partition coefficient (Wildman–Crippen LogP) is 1.78. The van der Waals surface area contributed by atoms with Crippen molar-refractivity contribution >= 4 is 12.1 Å². The number of aliphatic carboxylic acids is 1. The fourth-order valence-electron chi connectivity index (χ4n) is 2.17. The zero-order chi connectivity index (χ0) is 15.1. The predicted molar refractivity (Wildman–Crippen MR) is 70.1 cm³/mol. The van der Waals surface area contributed by atoms with E-state index in [2.05, 4.69) is 5.10 Å². The first-order chi connectivity index (χ1) is 9.23. The number of carboxylic acid groups (broad SMARTS) is 1. The van der Waals surface area contributed by atoms with Crippen LogP contribution in [0.3, 0.4) is 0 Å². The lowest BCUT2D eigenvalue weighted by Crippen LogP contribution is -2.38. The number of rotatable bonds is 2. The summed E-state index contributed by atoms with van der Waals surface area (Å²) in [5.74, 6) is -1.08. The maximum atomic E-state index is 12.1. The summed E-state index contributed by atoms with van der Waals surface area (Å²) < 4.78 is 6.92. The van der Waals surface area contributed by atoms with Crippen LogP contribution in [0.25, 0.3) is 0 Å². The van der Waals surface area contributed by atoms with Gasteiger partial charge in [0.2, 0.25) is 0 Å². The Morgan fingerprint density at radius 1 is 1.50 bits per heavy atom. The van der Waals surface area contributed by atoms with Crippen molar-refractivity contribution in [1.29, 1.82) is 0 Å². The van der Waals surface area contributed by atoms with Crippen molar-refractivity contribution in [1.82, 2.24) is 14.7 Å². The number of carboxylic acids is 1. The van der Waals surface area contributed by atoms with Crippen molar-refractivity contribution < 1.29 is 19.4 Å². The number of aryl methyl sites for hydroxylation is 1. The number of amides is 1. The highest BCUT2D eigenvalue weighted by atomic mass is 16.6. The molecular weight excluding hydrogens is 262 g/mol. The van der Waals surface area contributed by atoms with Gasteiger partial charge in [-0.1, -0.05) is 0 Å². The first-order valence-electron chi connectivity index (χ1n) is 6.51. The number of carbonyl (C=O) groups excluding carboxylic acids is 1. The summed E-state index contributed by atoms with van der Waals surface area (Å²) in [6.45, 7) is 7.97. The average molecular weight is 281 g/mol. The van der Waals surface area contributed by atoms with Crippen molar-refractivity contribution in [2.24, 2.45) is 0 Å². The Balaban J connectivity index is 2.27. The van der Waals surface area contributed by atoms with Gasteiger partial charge in [0.25, 0.3) is 0 Å². The second-order valence-electron chi connectivity index (χ2n) is 5.74. The summed E-state index contributed by atoms with van der Waals surface area (Å²) in [5, 5.41) is 13.6. The van der Waals surface area contributed by atoms with E-state index < -0.39 is 23.7 Å². The molecule has 110 valence electrons. The number of fused-ring (bicyclic) bond motifs is 1. The second-order valence-corrected chi connectivity index (χ2v) is 5.74. The van der Waals surface area contributed by atoms with Crippen molar-refractivity contribution in [3.8, 4) is 0 Å². The van der Waals surface area contributed by atoms with Crippen LogP contribution in [0.2, 0.25) is 0 Å². The lowest BCUT2D eigenvalue weighted by atomic mass is 10.1. The lowest BCUT2D eigenvalue weighted by molar-refractivity contribution is -0.143. The van der Waals surface area contributed by atoms with Gasteiger partial charge in [0.05, 0.1) is 12.2 Å². The molecule has 1 aliphatic heterocycles. The van der Waals surface area contributed by atoms with E-state index in [1.54, 1.807) is 31.6 Å². The molecule has 1 aromatic heterocycles. The van der Waals surface area contributed by atoms with Crippen LogP contribution >= 0.6 is 0 Å². The number of hydrogen-bond donors (Lipinski definition) is 1. The van der Waals surface area contributed by atoms with E-state index >= 15 is 0 Å². The topological polar surface area (TPSA) is 84.7 Å².